The molecule has 6 heteroatoms. The van der Waals surface area contributed by atoms with E-state index in [9.17, 15) is 17.6 Å². The number of hydrogen-bond donors (Lipinski definition) is 0. The second-order valence-corrected chi connectivity index (χ2v) is 9.27. The summed E-state index contributed by atoms with van der Waals surface area (Å²) in [5.41, 5.74) is 2.70. The van der Waals surface area contributed by atoms with Crippen molar-refractivity contribution in [1.29, 1.82) is 0 Å². The Bertz CT molecular complexity index is 1420. The molecule has 4 aromatic rings. The second kappa shape index (κ2) is 7.54. The number of aryl methyl sites for hydroxylation is 2. The summed E-state index contributed by atoms with van der Waals surface area (Å²) in [6, 6.07) is 17.9. The fraction of sp³-hybridized carbons (Fsp3) is 0.125. The van der Waals surface area contributed by atoms with Crippen LogP contribution in [0.15, 0.2) is 87.5 Å². The van der Waals surface area contributed by atoms with Crippen LogP contribution in [0.1, 0.15) is 16.7 Å². The zero-order valence-corrected chi connectivity index (χ0v) is 17.4. The number of halogens is 1. The number of fused-ring (bicyclic) bond motifs is 1. The van der Waals surface area contributed by atoms with Crippen molar-refractivity contribution in [2.45, 2.75) is 30.2 Å². The van der Waals surface area contributed by atoms with E-state index in [4.69, 9.17) is 0 Å². The molecule has 1 aromatic heterocycles. The Labute approximate surface area is 174 Å². The number of pyridine rings is 1. The van der Waals surface area contributed by atoms with Gasteiger partial charge < -0.3 is 4.57 Å². The quantitative estimate of drug-likeness (QED) is 0.482. The molecule has 0 fully saturated rings. The lowest BCUT2D eigenvalue weighted by Crippen LogP contribution is -2.20. The van der Waals surface area contributed by atoms with Crippen molar-refractivity contribution in [3.8, 4) is 0 Å². The summed E-state index contributed by atoms with van der Waals surface area (Å²) in [4.78, 5) is 12.7. The zero-order valence-electron chi connectivity index (χ0n) is 16.6. The topological polar surface area (TPSA) is 56.1 Å². The predicted octanol–water partition coefficient (Wildman–Crippen LogP) is 4.64. The molecule has 0 saturated carbocycles. The van der Waals surface area contributed by atoms with Gasteiger partial charge in [-0.3, -0.25) is 4.79 Å². The van der Waals surface area contributed by atoms with Crippen LogP contribution in [0, 0.1) is 19.7 Å². The van der Waals surface area contributed by atoms with Gasteiger partial charge in [0, 0.05) is 18.1 Å². The van der Waals surface area contributed by atoms with Gasteiger partial charge in [-0.05, 0) is 55.3 Å². The van der Waals surface area contributed by atoms with Crippen LogP contribution in [0.5, 0.6) is 0 Å². The molecule has 4 nitrogen and oxygen atoms in total. The first-order chi connectivity index (χ1) is 14.3. The summed E-state index contributed by atoms with van der Waals surface area (Å²) >= 11 is 0. The number of sulfone groups is 1. The standard InChI is InChI=1S/C24H20FNO3S/c1-16-7-10-20(11-8-16)30(28,29)23-15-26(14-18-6-4-3-5-17(18)2)22-12-9-19(25)13-21(22)24(23)27/h3-13,15H,14H2,1-2H3. The lowest BCUT2D eigenvalue weighted by Gasteiger charge is -2.15. The van der Waals surface area contributed by atoms with Crippen molar-refractivity contribution in [2.24, 2.45) is 0 Å². The fourth-order valence-corrected chi connectivity index (χ4v) is 4.85. The van der Waals surface area contributed by atoms with Gasteiger partial charge in [0.25, 0.3) is 0 Å². The zero-order chi connectivity index (χ0) is 21.5. The minimum atomic E-state index is -4.07. The van der Waals surface area contributed by atoms with Gasteiger partial charge in [0.15, 0.2) is 0 Å². The third-order valence-corrected chi connectivity index (χ3v) is 6.99. The highest BCUT2D eigenvalue weighted by Crippen LogP contribution is 2.23. The van der Waals surface area contributed by atoms with Gasteiger partial charge in [-0.15, -0.1) is 0 Å². The molecule has 0 aliphatic rings. The molecule has 0 aliphatic carbocycles. The molecule has 0 spiro atoms. The highest BCUT2D eigenvalue weighted by atomic mass is 32.2. The summed E-state index contributed by atoms with van der Waals surface area (Å²) in [6.07, 6.45) is 1.37. The van der Waals surface area contributed by atoms with E-state index in [2.05, 4.69) is 0 Å². The molecular formula is C24H20FNO3S. The average Bonchev–Trinajstić information content (AvgIpc) is 2.72. The maximum absolute atomic E-state index is 13.9. The van der Waals surface area contributed by atoms with E-state index in [-0.39, 0.29) is 15.2 Å². The number of benzene rings is 3. The molecule has 0 unspecified atom stereocenters. The maximum Gasteiger partial charge on any atom is 0.211 e. The highest BCUT2D eigenvalue weighted by molar-refractivity contribution is 7.91. The van der Waals surface area contributed by atoms with Crippen molar-refractivity contribution in [3.63, 3.8) is 0 Å². The van der Waals surface area contributed by atoms with Crippen LogP contribution in [0.4, 0.5) is 4.39 Å². The lowest BCUT2D eigenvalue weighted by atomic mass is 10.1. The van der Waals surface area contributed by atoms with Crippen molar-refractivity contribution >= 4 is 20.7 Å². The van der Waals surface area contributed by atoms with Crippen LogP contribution in [0.3, 0.4) is 0 Å². The minimum absolute atomic E-state index is 0.0309. The van der Waals surface area contributed by atoms with E-state index in [0.717, 1.165) is 22.8 Å². The number of nitrogens with zero attached hydrogens (tertiary/aromatic N) is 1. The van der Waals surface area contributed by atoms with Crippen molar-refractivity contribution < 1.29 is 12.8 Å². The van der Waals surface area contributed by atoms with Crippen molar-refractivity contribution in [3.05, 3.63) is 106 Å². The molecule has 152 valence electrons. The Hall–Kier alpha value is -3.25. The predicted molar refractivity (Wildman–Crippen MR) is 115 cm³/mol. The van der Waals surface area contributed by atoms with Crippen LogP contribution >= 0.6 is 0 Å². The van der Waals surface area contributed by atoms with Crippen LogP contribution < -0.4 is 5.43 Å². The molecule has 0 atom stereocenters. The Kier molecular flexibility index (Phi) is 5.03. The lowest BCUT2D eigenvalue weighted by molar-refractivity contribution is 0.593. The summed E-state index contributed by atoms with van der Waals surface area (Å²) < 4.78 is 42.1. The largest absolute Gasteiger partial charge is 0.341 e. The molecule has 0 radical (unpaired) electrons. The van der Waals surface area contributed by atoms with E-state index < -0.39 is 21.1 Å². The smallest absolute Gasteiger partial charge is 0.211 e. The first-order valence-electron chi connectivity index (χ1n) is 9.46. The van der Waals surface area contributed by atoms with E-state index in [1.54, 1.807) is 16.7 Å². The van der Waals surface area contributed by atoms with Gasteiger partial charge in [0.05, 0.1) is 10.4 Å². The molecule has 0 amide bonds. The molecule has 30 heavy (non-hydrogen) atoms. The first kappa shape index (κ1) is 20.0. The van der Waals surface area contributed by atoms with Crippen LogP contribution in [0.2, 0.25) is 0 Å². The van der Waals surface area contributed by atoms with Gasteiger partial charge in [0.2, 0.25) is 15.3 Å². The second-order valence-electron chi connectivity index (χ2n) is 7.35. The molecule has 3 aromatic carbocycles. The summed E-state index contributed by atoms with van der Waals surface area (Å²) in [5, 5.41) is 0.0387. The van der Waals surface area contributed by atoms with Crippen molar-refractivity contribution in [2.75, 3.05) is 0 Å². The van der Waals surface area contributed by atoms with Gasteiger partial charge in [-0.2, -0.15) is 0 Å². The van der Waals surface area contributed by atoms with Gasteiger partial charge in [-0.1, -0.05) is 42.0 Å². The van der Waals surface area contributed by atoms with Crippen LogP contribution in [-0.4, -0.2) is 13.0 Å². The normalized spacial score (nSPS) is 11.7. The Balaban J connectivity index is 1.99. The van der Waals surface area contributed by atoms with Gasteiger partial charge in [-0.25, -0.2) is 12.8 Å². The molecule has 1 heterocycles. The van der Waals surface area contributed by atoms with Crippen molar-refractivity contribution in [1.82, 2.24) is 4.57 Å². The summed E-state index contributed by atoms with van der Waals surface area (Å²) in [7, 11) is -4.07. The third kappa shape index (κ3) is 3.55. The molecule has 0 saturated heterocycles. The molecule has 0 aliphatic heterocycles. The highest BCUT2D eigenvalue weighted by Gasteiger charge is 2.24. The monoisotopic (exact) mass is 421 g/mol. The molecular weight excluding hydrogens is 401 g/mol. The average molecular weight is 421 g/mol. The van der Waals surface area contributed by atoms with Gasteiger partial charge >= 0.3 is 0 Å². The van der Waals surface area contributed by atoms with Gasteiger partial charge in [0.1, 0.15) is 10.7 Å². The molecule has 4 rings (SSSR count). The van der Waals surface area contributed by atoms with E-state index in [1.807, 2.05) is 38.1 Å². The molecule has 0 N–H and O–H groups in total. The van der Waals surface area contributed by atoms with Crippen LogP contribution in [-0.2, 0) is 16.4 Å². The third-order valence-electron chi connectivity index (χ3n) is 5.23. The maximum atomic E-state index is 13.9. The fourth-order valence-electron chi connectivity index (χ4n) is 3.48. The van der Waals surface area contributed by atoms with E-state index >= 15 is 0 Å². The first-order valence-corrected chi connectivity index (χ1v) is 10.9. The Morgan fingerprint density at radius 1 is 0.933 bits per heavy atom. The summed E-state index contributed by atoms with van der Waals surface area (Å²) in [5.74, 6) is -0.591. The number of hydrogen-bond acceptors (Lipinski definition) is 3. The Morgan fingerprint density at radius 3 is 2.33 bits per heavy atom. The van der Waals surface area contributed by atoms with E-state index in [0.29, 0.717) is 12.1 Å². The van der Waals surface area contributed by atoms with E-state index in [1.165, 1.54) is 30.5 Å². The van der Waals surface area contributed by atoms with Crippen LogP contribution in [0.25, 0.3) is 10.9 Å². The SMILES string of the molecule is Cc1ccc(S(=O)(=O)c2cn(Cc3ccccc3C)c3ccc(F)cc3c2=O)cc1. The molecule has 0 bridgehead atoms. The summed E-state index contributed by atoms with van der Waals surface area (Å²) in [6.45, 7) is 4.17. The minimum Gasteiger partial charge on any atom is -0.341 e. The number of aromatic nitrogens is 1. The number of rotatable bonds is 4. The Morgan fingerprint density at radius 2 is 1.63 bits per heavy atom.